The van der Waals surface area contributed by atoms with Gasteiger partial charge in [0.1, 0.15) is 0 Å². The fourth-order valence-electron chi connectivity index (χ4n) is 3.96. The summed E-state index contributed by atoms with van der Waals surface area (Å²) in [4.78, 5) is 23.8. The number of aryl methyl sites for hydroxylation is 1. The molecule has 8 nitrogen and oxygen atoms in total. The summed E-state index contributed by atoms with van der Waals surface area (Å²) in [6.07, 6.45) is 3.83. The van der Waals surface area contributed by atoms with Gasteiger partial charge in [0.05, 0.1) is 11.7 Å². The monoisotopic (exact) mass is 447 g/mol. The average molecular weight is 448 g/mol. The maximum absolute atomic E-state index is 13.1. The number of para-hydroxylation sites is 1. The van der Waals surface area contributed by atoms with Crippen LogP contribution >= 0.6 is 0 Å². The number of urea groups is 1. The van der Waals surface area contributed by atoms with E-state index in [9.17, 15) is 10.1 Å². The molecule has 0 aliphatic carbocycles. The van der Waals surface area contributed by atoms with Crippen molar-refractivity contribution in [1.82, 2.24) is 15.1 Å². The molecule has 2 amide bonds. The Hall–Kier alpha value is -3.73. The Morgan fingerprint density at radius 3 is 2.55 bits per heavy atom. The molecule has 174 valence electrons. The van der Waals surface area contributed by atoms with Crippen LogP contribution < -0.4 is 15.5 Å². The molecule has 3 rings (SSSR count). The first kappa shape index (κ1) is 23.9. The fourth-order valence-corrected chi connectivity index (χ4v) is 3.96. The highest BCUT2D eigenvalue weighted by Gasteiger charge is 2.31. The van der Waals surface area contributed by atoms with E-state index in [0.29, 0.717) is 25.6 Å². The predicted molar refractivity (Wildman–Crippen MR) is 134 cm³/mol. The van der Waals surface area contributed by atoms with Crippen LogP contribution in [0.1, 0.15) is 25.3 Å². The van der Waals surface area contributed by atoms with Crippen LogP contribution in [0.5, 0.6) is 0 Å². The van der Waals surface area contributed by atoms with Gasteiger partial charge in [-0.1, -0.05) is 31.5 Å². The molecule has 1 saturated heterocycles. The van der Waals surface area contributed by atoms with Crippen molar-refractivity contribution >= 4 is 29.1 Å². The highest BCUT2D eigenvalue weighted by molar-refractivity contribution is 5.90. The second-order valence-electron chi connectivity index (χ2n) is 8.41. The summed E-state index contributed by atoms with van der Waals surface area (Å²) < 4.78 is 0. The molecule has 0 aromatic heterocycles. The lowest BCUT2D eigenvalue weighted by Crippen LogP contribution is -2.59. The zero-order chi connectivity index (χ0) is 23.8. The number of carbonyl (C=O) groups is 1. The number of amides is 2. The average Bonchev–Trinajstić information content (AvgIpc) is 2.80. The van der Waals surface area contributed by atoms with Gasteiger partial charge in [-0.3, -0.25) is 5.32 Å². The van der Waals surface area contributed by atoms with Crippen LogP contribution in [0.2, 0.25) is 0 Å². The largest absolute Gasteiger partial charge is 0.378 e. The minimum atomic E-state index is -0.101. The van der Waals surface area contributed by atoms with Crippen LogP contribution in [0, 0.1) is 18.4 Å². The summed E-state index contributed by atoms with van der Waals surface area (Å²) in [5.74, 6) is 0.521. The number of aliphatic imine (C=N–C) groups is 1. The Morgan fingerprint density at radius 1 is 1.18 bits per heavy atom. The molecule has 2 N–H and O–H groups in total. The topological polar surface area (TPSA) is 87.0 Å². The SMILES string of the molecule is CCCC1CN(C(=Nc2ccccc2C)NC#N)CCN1C(=O)Nc1ccc(N(C)C)cc1. The Balaban J connectivity index is 1.74. The third kappa shape index (κ3) is 6.16. The molecule has 1 atom stereocenters. The van der Waals surface area contributed by atoms with E-state index in [1.165, 1.54) is 0 Å². The Kier molecular flexibility index (Phi) is 8.14. The van der Waals surface area contributed by atoms with E-state index in [0.717, 1.165) is 35.5 Å². The van der Waals surface area contributed by atoms with E-state index >= 15 is 0 Å². The number of piperazine rings is 1. The molecule has 1 fully saturated rings. The molecule has 8 heteroatoms. The van der Waals surface area contributed by atoms with Crippen LogP contribution in [0.4, 0.5) is 21.9 Å². The van der Waals surface area contributed by atoms with Crippen LogP contribution in [0.25, 0.3) is 0 Å². The third-order valence-electron chi connectivity index (χ3n) is 5.81. The summed E-state index contributed by atoms with van der Waals surface area (Å²) in [6, 6.07) is 15.6. The van der Waals surface area contributed by atoms with Crippen molar-refractivity contribution in [2.75, 3.05) is 43.9 Å². The van der Waals surface area contributed by atoms with Gasteiger partial charge >= 0.3 is 6.03 Å². The number of rotatable bonds is 5. The van der Waals surface area contributed by atoms with Crippen molar-refractivity contribution < 1.29 is 4.79 Å². The van der Waals surface area contributed by atoms with E-state index in [4.69, 9.17) is 4.99 Å². The molecular formula is C25H33N7O. The standard InChI is InChI=1S/C25H33N7O/c1-5-8-22-17-31(24(27-18-26)29-23-10-7-6-9-19(23)2)15-16-32(22)25(33)28-20-11-13-21(14-12-20)30(3)4/h6-7,9-14,22H,5,8,15-17H2,1-4H3,(H,27,29)(H,28,33). The molecule has 2 aromatic rings. The van der Waals surface area contributed by atoms with Crippen LogP contribution in [0.15, 0.2) is 53.5 Å². The lowest BCUT2D eigenvalue weighted by Gasteiger charge is -2.42. The maximum Gasteiger partial charge on any atom is 0.322 e. The molecule has 0 radical (unpaired) electrons. The molecule has 1 heterocycles. The van der Waals surface area contributed by atoms with E-state index < -0.39 is 0 Å². The molecule has 33 heavy (non-hydrogen) atoms. The number of hydrogen-bond acceptors (Lipinski definition) is 4. The number of anilines is 2. The Bertz CT molecular complexity index is 1010. The van der Waals surface area contributed by atoms with Crippen LogP contribution in [-0.2, 0) is 0 Å². The lowest BCUT2D eigenvalue weighted by atomic mass is 10.1. The highest BCUT2D eigenvalue weighted by atomic mass is 16.2. The first-order chi connectivity index (χ1) is 15.9. The van der Waals surface area contributed by atoms with Crippen molar-refractivity contribution in [2.45, 2.75) is 32.7 Å². The molecule has 0 saturated carbocycles. The Labute approximate surface area is 196 Å². The number of nitriles is 1. The highest BCUT2D eigenvalue weighted by Crippen LogP contribution is 2.21. The van der Waals surface area contributed by atoms with E-state index in [2.05, 4.69) is 22.5 Å². The van der Waals surface area contributed by atoms with Crippen molar-refractivity contribution in [2.24, 2.45) is 4.99 Å². The van der Waals surface area contributed by atoms with Gasteiger partial charge in [-0.15, -0.1) is 0 Å². The van der Waals surface area contributed by atoms with Gasteiger partial charge in [-0.2, -0.15) is 5.26 Å². The van der Waals surface area contributed by atoms with E-state index in [-0.39, 0.29) is 12.1 Å². The second kappa shape index (κ2) is 11.2. The molecule has 2 aromatic carbocycles. The molecule has 0 spiro atoms. The summed E-state index contributed by atoms with van der Waals surface area (Å²) in [5.41, 5.74) is 3.72. The first-order valence-corrected chi connectivity index (χ1v) is 11.3. The molecule has 1 aliphatic heterocycles. The molecule has 1 aliphatic rings. The maximum atomic E-state index is 13.1. The van der Waals surface area contributed by atoms with E-state index in [1.54, 1.807) is 0 Å². The van der Waals surface area contributed by atoms with Gasteiger partial charge in [-0.05, 0) is 49.2 Å². The minimum Gasteiger partial charge on any atom is -0.378 e. The van der Waals surface area contributed by atoms with Gasteiger partial charge in [0, 0.05) is 45.1 Å². The van der Waals surface area contributed by atoms with Crippen molar-refractivity contribution in [1.29, 1.82) is 5.26 Å². The first-order valence-electron chi connectivity index (χ1n) is 11.3. The zero-order valence-electron chi connectivity index (χ0n) is 19.9. The van der Waals surface area contributed by atoms with Gasteiger partial charge in [0.2, 0.25) is 5.96 Å². The van der Waals surface area contributed by atoms with Gasteiger partial charge < -0.3 is 20.0 Å². The molecule has 0 bridgehead atoms. The molecular weight excluding hydrogens is 414 g/mol. The number of guanidine groups is 1. The minimum absolute atomic E-state index is 0.0207. The second-order valence-corrected chi connectivity index (χ2v) is 8.41. The predicted octanol–water partition coefficient (Wildman–Crippen LogP) is 4.14. The van der Waals surface area contributed by atoms with Crippen LogP contribution in [0.3, 0.4) is 0 Å². The number of carbonyl (C=O) groups excluding carboxylic acids is 1. The number of nitrogens with one attached hydrogen (secondary N) is 2. The number of nitrogens with zero attached hydrogens (tertiary/aromatic N) is 5. The Morgan fingerprint density at radius 2 is 1.91 bits per heavy atom. The summed E-state index contributed by atoms with van der Waals surface area (Å²) in [7, 11) is 3.97. The normalized spacial score (nSPS) is 16.2. The quantitative estimate of drug-likeness (QED) is 0.311. The summed E-state index contributed by atoms with van der Waals surface area (Å²) in [6.45, 7) is 5.86. The molecule has 1 unspecified atom stereocenters. The van der Waals surface area contributed by atoms with Crippen molar-refractivity contribution in [3.8, 4) is 6.19 Å². The van der Waals surface area contributed by atoms with Crippen LogP contribution in [-0.4, -0.2) is 61.6 Å². The van der Waals surface area contributed by atoms with Gasteiger partial charge in [0.25, 0.3) is 0 Å². The van der Waals surface area contributed by atoms with Gasteiger partial charge in [0.15, 0.2) is 6.19 Å². The third-order valence-corrected chi connectivity index (χ3v) is 5.81. The van der Waals surface area contributed by atoms with Gasteiger partial charge in [-0.25, -0.2) is 9.79 Å². The smallest absolute Gasteiger partial charge is 0.322 e. The zero-order valence-corrected chi connectivity index (χ0v) is 19.9. The number of hydrogen-bond donors (Lipinski definition) is 2. The summed E-state index contributed by atoms with van der Waals surface area (Å²) in [5, 5.41) is 15.1. The van der Waals surface area contributed by atoms with E-state index in [1.807, 2.05) is 85.5 Å². The number of benzene rings is 2. The lowest BCUT2D eigenvalue weighted by molar-refractivity contribution is 0.129. The van der Waals surface area contributed by atoms with Crippen molar-refractivity contribution in [3.63, 3.8) is 0 Å². The fraction of sp³-hybridized carbons (Fsp3) is 0.400. The van der Waals surface area contributed by atoms with Crippen molar-refractivity contribution in [3.05, 3.63) is 54.1 Å². The summed E-state index contributed by atoms with van der Waals surface area (Å²) >= 11 is 0.